The molecule has 1 rings (SSSR count). The van der Waals surface area contributed by atoms with Crippen molar-refractivity contribution in [3.63, 3.8) is 0 Å². The van der Waals surface area contributed by atoms with E-state index in [2.05, 4.69) is 5.32 Å². The monoisotopic (exact) mass is 223 g/mol. The molecule has 80 valence electrons. The van der Waals surface area contributed by atoms with E-state index in [-0.39, 0.29) is 18.7 Å². The summed E-state index contributed by atoms with van der Waals surface area (Å²) in [6, 6.07) is 6.85. The first-order valence-corrected chi connectivity index (χ1v) is 4.76. The van der Waals surface area contributed by atoms with Crippen LogP contribution in [-0.2, 0) is 22.2 Å². The molecule has 0 atom stereocenters. The lowest BCUT2D eigenvalue weighted by atomic mass is 10.2. The number of benzene rings is 1. The zero-order valence-corrected chi connectivity index (χ0v) is 8.67. The highest BCUT2D eigenvalue weighted by Crippen LogP contribution is 2.13. The first kappa shape index (κ1) is 11.5. The van der Waals surface area contributed by atoms with Gasteiger partial charge in [-0.1, -0.05) is 18.2 Å². The van der Waals surface area contributed by atoms with Gasteiger partial charge in [0.25, 0.3) is 0 Å². The smallest absolute Gasteiger partial charge is 0.224 e. The van der Waals surface area contributed by atoms with Crippen molar-refractivity contribution < 1.29 is 14.7 Å². The van der Waals surface area contributed by atoms with Crippen LogP contribution in [0.5, 0.6) is 0 Å². The van der Waals surface area contributed by atoms with E-state index in [9.17, 15) is 14.7 Å². The summed E-state index contributed by atoms with van der Waals surface area (Å²) >= 11 is 4.96. The number of carboxylic acid groups (broad SMARTS) is 1. The third-order valence-electron chi connectivity index (χ3n) is 1.72. The first-order valence-electron chi connectivity index (χ1n) is 4.35. The Balaban J connectivity index is 2.52. The van der Waals surface area contributed by atoms with E-state index in [1.54, 1.807) is 24.3 Å². The number of anilines is 1. The van der Waals surface area contributed by atoms with E-state index >= 15 is 0 Å². The zero-order chi connectivity index (χ0) is 11.3. The van der Waals surface area contributed by atoms with Crippen LogP contribution in [0.25, 0.3) is 0 Å². The second kappa shape index (κ2) is 5.31. The Morgan fingerprint density at radius 2 is 1.93 bits per heavy atom. The molecule has 0 saturated heterocycles. The summed E-state index contributed by atoms with van der Waals surface area (Å²) in [5.41, 5.74) is 0.524. The summed E-state index contributed by atoms with van der Waals surface area (Å²) in [4.78, 5) is 21.9. The summed E-state index contributed by atoms with van der Waals surface area (Å²) in [7, 11) is 0. The van der Waals surface area contributed by atoms with Gasteiger partial charge >= 0.3 is 0 Å². The third-order valence-corrected chi connectivity index (χ3v) is 2.07. The number of hydrogen-bond acceptors (Lipinski definition) is 4. The average Bonchev–Trinajstić information content (AvgIpc) is 2.18. The molecule has 0 bridgehead atoms. The number of carbonyl (C=O) groups excluding carboxylic acids is 2. The van der Waals surface area contributed by atoms with Crippen LogP contribution in [-0.4, -0.2) is 11.9 Å². The average molecular weight is 223 g/mol. The molecule has 0 fully saturated rings. The van der Waals surface area contributed by atoms with Gasteiger partial charge in [-0.3, -0.25) is 4.79 Å². The molecule has 0 aliphatic carbocycles. The lowest BCUT2D eigenvalue weighted by Crippen LogP contribution is -2.24. The Kier molecular flexibility index (Phi) is 4.05. The van der Waals surface area contributed by atoms with Crippen LogP contribution < -0.4 is 10.4 Å². The van der Waals surface area contributed by atoms with Gasteiger partial charge in [0.2, 0.25) is 5.91 Å². The highest BCUT2D eigenvalue weighted by atomic mass is 32.1. The topological polar surface area (TPSA) is 69.2 Å². The Bertz CT molecular complexity index is 379. The number of carboxylic acids is 1. The minimum Gasteiger partial charge on any atom is -0.778 e. The van der Waals surface area contributed by atoms with E-state index in [1.165, 1.54) is 0 Å². The Morgan fingerprint density at radius 1 is 1.27 bits per heavy atom. The molecule has 0 aromatic heterocycles. The van der Waals surface area contributed by atoms with Crippen molar-refractivity contribution in [3.8, 4) is 0 Å². The van der Waals surface area contributed by atoms with Crippen LogP contribution in [0.3, 0.4) is 0 Å². The summed E-state index contributed by atoms with van der Waals surface area (Å²) in [6.07, 6.45) is -0.391. The number of hydrogen-bond donors (Lipinski definition) is 1. The predicted molar refractivity (Wildman–Crippen MR) is 54.9 cm³/mol. The fourth-order valence-electron chi connectivity index (χ4n) is 0.998. The largest absolute Gasteiger partial charge is 0.778 e. The van der Waals surface area contributed by atoms with Crippen LogP contribution in [0.1, 0.15) is 12.8 Å². The van der Waals surface area contributed by atoms with Gasteiger partial charge in [0.05, 0.1) is 0 Å². The Labute approximate surface area is 92.7 Å². The fourth-order valence-corrected chi connectivity index (χ4v) is 1.20. The number of rotatable bonds is 4. The second-order valence-corrected chi connectivity index (χ2v) is 3.36. The van der Waals surface area contributed by atoms with Crippen LogP contribution in [0.15, 0.2) is 29.2 Å². The molecule has 0 saturated carbocycles. The molecular weight excluding hydrogens is 214 g/mol. The van der Waals surface area contributed by atoms with E-state index in [1.807, 2.05) is 0 Å². The first-order chi connectivity index (χ1) is 7.09. The van der Waals surface area contributed by atoms with Gasteiger partial charge in [-0.2, -0.15) is 4.90 Å². The summed E-state index contributed by atoms with van der Waals surface area (Å²) in [5.74, 6) is -1.62. The third kappa shape index (κ3) is 3.95. The number of aliphatic carboxylic acids is 1. The molecule has 1 aromatic rings. The molecule has 0 spiro atoms. The van der Waals surface area contributed by atoms with Crippen LogP contribution in [0, 0.1) is 0 Å². The number of nitrogens with one attached hydrogen (secondary N) is 1. The van der Waals surface area contributed by atoms with E-state index < -0.39 is 5.97 Å². The molecule has 1 amide bonds. The van der Waals surface area contributed by atoms with Gasteiger partial charge in [0.15, 0.2) is 0 Å². The molecule has 0 heterocycles. The van der Waals surface area contributed by atoms with Gasteiger partial charge in [-0.05, 0) is 12.5 Å². The summed E-state index contributed by atoms with van der Waals surface area (Å²) < 4.78 is 0. The minimum atomic E-state index is -1.24. The fraction of sp³-hybridized carbons (Fsp3) is 0.200. The molecule has 1 aromatic carbocycles. The van der Waals surface area contributed by atoms with E-state index in [0.717, 1.165) is 0 Å². The normalized spacial score (nSPS) is 9.60. The molecule has 0 radical (unpaired) electrons. The molecule has 4 nitrogen and oxygen atoms in total. The van der Waals surface area contributed by atoms with Crippen molar-refractivity contribution in [1.29, 1.82) is 0 Å². The number of amides is 1. The van der Waals surface area contributed by atoms with Gasteiger partial charge in [-0.25, -0.2) is 0 Å². The zero-order valence-electron chi connectivity index (χ0n) is 7.86. The Morgan fingerprint density at radius 3 is 2.53 bits per heavy atom. The Hall–Kier alpha value is -1.62. The van der Waals surface area contributed by atoms with Crippen molar-refractivity contribution >= 4 is 30.2 Å². The summed E-state index contributed by atoms with van der Waals surface area (Å²) in [6.45, 7) is 0. The van der Waals surface area contributed by atoms with Crippen molar-refractivity contribution in [1.82, 2.24) is 0 Å². The molecule has 0 unspecified atom stereocenters. The van der Waals surface area contributed by atoms with Crippen molar-refractivity contribution in [2.45, 2.75) is 17.7 Å². The number of para-hydroxylation sites is 1. The summed E-state index contributed by atoms with van der Waals surface area (Å²) in [5, 5.41) is 12.6. The maximum Gasteiger partial charge on any atom is 0.224 e. The second-order valence-electron chi connectivity index (χ2n) is 2.92. The van der Waals surface area contributed by atoms with Crippen molar-refractivity contribution in [3.05, 3.63) is 24.3 Å². The van der Waals surface area contributed by atoms with Crippen LogP contribution in [0.4, 0.5) is 5.69 Å². The van der Waals surface area contributed by atoms with Crippen LogP contribution >= 0.6 is 0 Å². The molecule has 1 N–H and O–H groups in total. The molecule has 0 aliphatic heterocycles. The van der Waals surface area contributed by atoms with Crippen molar-refractivity contribution in [2.75, 3.05) is 5.32 Å². The van der Waals surface area contributed by atoms with E-state index in [0.29, 0.717) is 10.6 Å². The maximum absolute atomic E-state index is 11.2. The van der Waals surface area contributed by atoms with Gasteiger partial charge in [0, 0.05) is 18.1 Å². The quantitative estimate of drug-likeness (QED) is 0.733. The SMILES string of the molecule is O=C([O-])CCC(=O)Nc1ccccc1[S-]. The molecule has 0 aliphatic rings. The highest BCUT2D eigenvalue weighted by molar-refractivity contribution is 7.59. The van der Waals surface area contributed by atoms with Gasteiger partial charge in [-0.15, -0.1) is 0 Å². The molecular formula is C10H9NO3S-2. The standard InChI is InChI=1S/C10H11NO3S/c12-9(5-6-10(13)14)11-7-3-1-2-4-8(7)15/h1-4,15H,5-6H2,(H,11,12)(H,13,14)/p-2. The molecule has 5 heteroatoms. The minimum absolute atomic E-state index is 0.105. The van der Waals surface area contributed by atoms with E-state index in [4.69, 9.17) is 12.6 Å². The highest BCUT2D eigenvalue weighted by Gasteiger charge is 2.01. The lowest BCUT2D eigenvalue weighted by molar-refractivity contribution is -0.305. The lowest BCUT2D eigenvalue weighted by Gasteiger charge is -2.14. The van der Waals surface area contributed by atoms with Gasteiger partial charge in [0.1, 0.15) is 0 Å². The van der Waals surface area contributed by atoms with Gasteiger partial charge < -0.3 is 27.8 Å². The van der Waals surface area contributed by atoms with Crippen molar-refractivity contribution in [2.24, 2.45) is 0 Å². The number of carbonyl (C=O) groups is 2. The molecule has 15 heavy (non-hydrogen) atoms. The van der Waals surface area contributed by atoms with Crippen LogP contribution in [0.2, 0.25) is 0 Å². The maximum atomic E-state index is 11.2. The predicted octanol–water partition coefficient (Wildman–Crippen LogP) is 0.0610.